The molecule has 10 heteroatoms. The van der Waals surface area contributed by atoms with Crippen LogP contribution in [0.3, 0.4) is 0 Å². The van der Waals surface area contributed by atoms with Gasteiger partial charge in [0.05, 0.1) is 46.5 Å². The Morgan fingerprint density at radius 3 is 2.90 bits per heavy atom. The molecule has 4 aromatic rings. The topological polar surface area (TPSA) is 102 Å². The summed E-state index contributed by atoms with van der Waals surface area (Å²) in [5.41, 5.74) is 2.01. The monoisotopic (exact) mass is 589 g/mol. The maximum Gasteiger partial charge on any atom is 0.275 e. The third kappa shape index (κ3) is 5.81. The van der Waals surface area contributed by atoms with Gasteiger partial charge in [0.1, 0.15) is 11.4 Å². The van der Waals surface area contributed by atoms with E-state index in [2.05, 4.69) is 16.4 Å². The molecule has 2 aromatic heterocycles. The normalized spacial score (nSPS) is 22.9. The summed E-state index contributed by atoms with van der Waals surface area (Å²) in [4.78, 5) is 25.5. The molecule has 0 radical (unpaired) electrons. The molecule has 1 aliphatic carbocycles. The predicted molar refractivity (Wildman–Crippen MR) is 164 cm³/mol. The van der Waals surface area contributed by atoms with Crippen molar-refractivity contribution in [3.05, 3.63) is 65.6 Å². The Kier molecular flexibility index (Phi) is 8.57. The van der Waals surface area contributed by atoms with Crippen molar-refractivity contribution in [2.75, 3.05) is 40.0 Å². The largest absolute Gasteiger partial charge is 0.493 e. The van der Waals surface area contributed by atoms with Crippen molar-refractivity contribution in [1.29, 1.82) is 0 Å². The minimum Gasteiger partial charge on any atom is -0.493 e. The number of carbonyl (C=O) groups excluding carboxylic acids is 1. The van der Waals surface area contributed by atoms with Crippen LogP contribution in [-0.4, -0.2) is 82.0 Å². The van der Waals surface area contributed by atoms with E-state index in [1.54, 1.807) is 24.8 Å². The molecule has 3 heterocycles. The highest BCUT2D eigenvalue weighted by Crippen LogP contribution is 2.41. The van der Waals surface area contributed by atoms with E-state index >= 15 is 0 Å². The average Bonchev–Trinajstić information content (AvgIpc) is 3.60. The van der Waals surface area contributed by atoms with Crippen LogP contribution in [0.5, 0.6) is 5.75 Å². The minimum atomic E-state index is -1.02. The maximum atomic E-state index is 14.3. The standard InChI is InChI=1S/C32H39N5O4S/c1-22-35-26-18-25(11-12-27(26)42-22)41-17-13-24-19-33-15-16-36(24)31(38)29-30(23-8-4-3-5-9-23)37(21-34-29)28-10-6-7-14-32(28,39)20-40-2/h3-5,8-9,11-12,18,21,24,28,33,39H,6-7,10,13-17,19-20H2,1-2H3/t24-,28-,32-/m1/s1. The van der Waals surface area contributed by atoms with E-state index in [-0.39, 0.29) is 24.6 Å². The number of carbonyl (C=O) groups is 1. The van der Waals surface area contributed by atoms with Crippen molar-refractivity contribution in [3.63, 3.8) is 0 Å². The van der Waals surface area contributed by atoms with Gasteiger partial charge in [0, 0.05) is 50.8 Å². The Balaban J connectivity index is 1.25. The first-order valence-electron chi connectivity index (χ1n) is 14.8. The van der Waals surface area contributed by atoms with Gasteiger partial charge in [0.25, 0.3) is 5.91 Å². The number of nitrogens with zero attached hydrogens (tertiary/aromatic N) is 4. The van der Waals surface area contributed by atoms with Gasteiger partial charge >= 0.3 is 0 Å². The highest BCUT2D eigenvalue weighted by molar-refractivity contribution is 7.18. The molecule has 3 atom stereocenters. The molecule has 1 saturated carbocycles. The highest BCUT2D eigenvalue weighted by Gasteiger charge is 2.42. The summed E-state index contributed by atoms with van der Waals surface area (Å²) < 4.78 is 14.8. The Morgan fingerprint density at radius 2 is 2.07 bits per heavy atom. The predicted octanol–water partition coefficient (Wildman–Crippen LogP) is 4.84. The summed E-state index contributed by atoms with van der Waals surface area (Å²) in [6.07, 6.45) is 5.81. The number of benzene rings is 2. The van der Waals surface area contributed by atoms with Gasteiger partial charge in [-0.2, -0.15) is 0 Å². The van der Waals surface area contributed by atoms with Gasteiger partial charge in [-0.25, -0.2) is 9.97 Å². The van der Waals surface area contributed by atoms with Gasteiger partial charge in [0.15, 0.2) is 5.69 Å². The van der Waals surface area contributed by atoms with Crippen LogP contribution < -0.4 is 10.1 Å². The van der Waals surface area contributed by atoms with Crippen molar-refractivity contribution in [3.8, 4) is 17.0 Å². The number of thiazole rings is 1. The SMILES string of the molecule is COC[C@]1(O)CCCC[C@H]1n1cnc(C(=O)N2CCNC[C@H]2CCOc2ccc3sc(C)nc3c2)c1-c1ccccc1. The Morgan fingerprint density at radius 1 is 1.21 bits per heavy atom. The Bertz CT molecular complexity index is 1520. The number of nitrogens with one attached hydrogen (secondary N) is 1. The lowest BCUT2D eigenvalue weighted by atomic mass is 9.80. The summed E-state index contributed by atoms with van der Waals surface area (Å²) in [7, 11) is 1.62. The number of piperazine rings is 1. The number of amides is 1. The molecule has 222 valence electrons. The summed E-state index contributed by atoms with van der Waals surface area (Å²) in [6, 6.07) is 15.7. The number of methoxy groups -OCH3 is 1. The molecule has 9 nitrogen and oxygen atoms in total. The van der Waals surface area contributed by atoms with Crippen LogP contribution >= 0.6 is 11.3 Å². The van der Waals surface area contributed by atoms with E-state index in [0.29, 0.717) is 38.2 Å². The fourth-order valence-electron chi connectivity index (χ4n) is 6.50. The summed E-state index contributed by atoms with van der Waals surface area (Å²) in [6.45, 7) is 4.73. The van der Waals surface area contributed by atoms with Gasteiger partial charge < -0.3 is 29.4 Å². The average molecular weight is 590 g/mol. The molecule has 1 aliphatic heterocycles. The molecule has 2 aliphatic rings. The Hall–Kier alpha value is -3.31. The number of hydrogen-bond donors (Lipinski definition) is 2. The van der Waals surface area contributed by atoms with Crippen LogP contribution in [0.1, 0.15) is 53.6 Å². The van der Waals surface area contributed by atoms with Crippen LogP contribution in [0, 0.1) is 6.92 Å². The first-order chi connectivity index (χ1) is 20.5. The molecule has 6 rings (SSSR count). The zero-order valence-corrected chi connectivity index (χ0v) is 25.1. The quantitative estimate of drug-likeness (QED) is 0.288. The Labute approximate surface area is 250 Å². The smallest absolute Gasteiger partial charge is 0.275 e. The zero-order valence-electron chi connectivity index (χ0n) is 24.3. The lowest BCUT2D eigenvalue weighted by Gasteiger charge is -2.41. The van der Waals surface area contributed by atoms with Crippen LogP contribution in [0.15, 0.2) is 54.9 Å². The lowest BCUT2D eigenvalue weighted by molar-refractivity contribution is -0.0893. The molecular weight excluding hydrogens is 550 g/mol. The number of ether oxygens (including phenoxy) is 2. The van der Waals surface area contributed by atoms with Crippen molar-refractivity contribution in [2.45, 2.75) is 56.7 Å². The van der Waals surface area contributed by atoms with Gasteiger partial charge in [-0.1, -0.05) is 43.2 Å². The number of rotatable bonds is 9. The van der Waals surface area contributed by atoms with Crippen molar-refractivity contribution < 1.29 is 19.4 Å². The number of imidazole rings is 1. The van der Waals surface area contributed by atoms with Gasteiger partial charge in [-0.3, -0.25) is 4.79 Å². The maximum absolute atomic E-state index is 14.3. The summed E-state index contributed by atoms with van der Waals surface area (Å²) >= 11 is 1.67. The molecule has 2 aromatic carbocycles. The summed E-state index contributed by atoms with van der Waals surface area (Å²) in [5.74, 6) is 0.695. The fraction of sp³-hybridized carbons (Fsp3) is 0.469. The second kappa shape index (κ2) is 12.5. The third-order valence-corrected chi connectivity index (χ3v) is 9.48. The van der Waals surface area contributed by atoms with Gasteiger partial charge in [-0.15, -0.1) is 11.3 Å². The van der Waals surface area contributed by atoms with Crippen molar-refractivity contribution in [2.24, 2.45) is 0 Å². The van der Waals surface area contributed by atoms with Gasteiger partial charge in [-0.05, 0) is 31.9 Å². The van der Waals surface area contributed by atoms with E-state index in [0.717, 1.165) is 58.0 Å². The molecule has 0 bridgehead atoms. The highest BCUT2D eigenvalue weighted by atomic mass is 32.1. The molecular formula is C32H39N5O4S. The van der Waals surface area contributed by atoms with E-state index in [9.17, 15) is 9.90 Å². The van der Waals surface area contributed by atoms with Crippen LogP contribution in [-0.2, 0) is 4.74 Å². The molecule has 1 amide bonds. The second-order valence-electron chi connectivity index (χ2n) is 11.4. The molecule has 0 spiro atoms. The summed E-state index contributed by atoms with van der Waals surface area (Å²) in [5, 5.41) is 16.1. The molecule has 2 fully saturated rings. The van der Waals surface area contributed by atoms with E-state index < -0.39 is 5.60 Å². The fourth-order valence-corrected chi connectivity index (χ4v) is 7.31. The number of aromatic nitrogens is 3. The van der Waals surface area contributed by atoms with Crippen LogP contribution in [0.2, 0.25) is 0 Å². The molecule has 0 unspecified atom stereocenters. The molecule has 1 saturated heterocycles. The first kappa shape index (κ1) is 28.8. The lowest BCUT2D eigenvalue weighted by Crippen LogP contribution is -2.54. The second-order valence-corrected chi connectivity index (χ2v) is 12.6. The number of aliphatic hydroxyl groups is 1. The minimum absolute atomic E-state index is 0.0367. The van der Waals surface area contributed by atoms with Gasteiger partial charge in [0.2, 0.25) is 0 Å². The van der Waals surface area contributed by atoms with E-state index in [4.69, 9.17) is 14.5 Å². The van der Waals surface area contributed by atoms with E-state index in [1.807, 2.05) is 58.9 Å². The molecule has 2 N–H and O–H groups in total. The van der Waals surface area contributed by atoms with Crippen molar-refractivity contribution in [1.82, 2.24) is 24.8 Å². The zero-order chi connectivity index (χ0) is 29.1. The molecule has 42 heavy (non-hydrogen) atoms. The van der Waals surface area contributed by atoms with E-state index in [1.165, 1.54) is 0 Å². The first-order valence-corrected chi connectivity index (χ1v) is 15.6. The number of hydrogen-bond acceptors (Lipinski definition) is 8. The van der Waals surface area contributed by atoms with Crippen molar-refractivity contribution >= 4 is 27.5 Å². The van der Waals surface area contributed by atoms with Crippen LogP contribution in [0.25, 0.3) is 21.5 Å². The third-order valence-electron chi connectivity index (χ3n) is 8.53. The van der Waals surface area contributed by atoms with Crippen LogP contribution in [0.4, 0.5) is 0 Å². The number of aryl methyl sites for hydroxylation is 1. The number of fused-ring (bicyclic) bond motifs is 1.